The van der Waals surface area contributed by atoms with E-state index in [0.29, 0.717) is 51.3 Å². The molecule has 3 aliphatic rings. The summed E-state index contributed by atoms with van der Waals surface area (Å²) in [5.41, 5.74) is 2.74. The maximum Gasteiger partial charge on any atom is 0.316 e. The lowest BCUT2D eigenvalue weighted by molar-refractivity contribution is -0.956. The molecule has 0 aliphatic carbocycles. The molecule has 3 saturated heterocycles. The number of nitrogens with one attached hydrogen (secondary N) is 1. The van der Waals surface area contributed by atoms with Gasteiger partial charge in [-0.1, -0.05) is 91.1 Å². The monoisotopic (exact) mass is 734 g/mol. The van der Waals surface area contributed by atoms with Gasteiger partial charge in [-0.3, -0.25) is 9.59 Å². The van der Waals surface area contributed by atoms with Crippen LogP contribution in [-0.4, -0.2) is 77.2 Å². The van der Waals surface area contributed by atoms with Gasteiger partial charge in [-0.15, -0.1) is 0 Å². The number of nitrogens with zero attached hydrogens (tertiary/aromatic N) is 1. The highest BCUT2D eigenvalue weighted by atomic mass is 79.9. The number of rotatable bonds is 11. The molecular formula is C35H41BrCl2N2O6. The van der Waals surface area contributed by atoms with Crippen LogP contribution in [0.1, 0.15) is 49.7 Å². The van der Waals surface area contributed by atoms with Gasteiger partial charge in [0, 0.05) is 18.5 Å². The molecule has 46 heavy (non-hydrogen) atoms. The Morgan fingerprint density at radius 1 is 0.978 bits per heavy atom. The molecular weight excluding hydrogens is 695 g/mol. The predicted molar refractivity (Wildman–Crippen MR) is 175 cm³/mol. The molecule has 2 unspecified atom stereocenters. The summed E-state index contributed by atoms with van der Waals surface area (Å²) in [6.45, 7) is 3.20. The fourth-order valence-corrected chi connectivity index (χ4v) is 7.43. The normalized spacial score (nSPS) is 26.0. The molecule has 3 aromatic rings. The highest BCUT2D eigenvalue weighted by Crippen LogP contribution is 2.53. The number of anilines is 2. The lowest BCUT2D eigenvalue weighted by atomic mass is 9.94. The van der Waals surface area contributed by atoms with Crippen LogP contribution < -0.4 is 22.3 Å². The van der Waals surface area contributed by atoms with Crippen molar-refractivity contribution in [3.8, 4) is 0 Å². The number of quaternary nitrogens is 1. The number of carbonyl (C=O) groups excluding carboxylic acids is 1. The fraction of sp³-hybridized carbons (Fsp3) is 0.429. The summed E-state index contributed by atoms with van der Waals surface area (Å²) in [5.74, 6) is -1.79. The van der Waals surface area contributed by atoms with Crippen LogP contribution in [0, 0.1) is 0 Å². The summed E-state index contributed by atoms with van der Waals surface area (Å²) in [7, 11) is 2.36. The number of aliphatic hydroxyl groups is 1. The van der Waals surface area contributed by atoms with Gasteiger partial charge in [0.25, 0.3) is 0 Å². The first kappa shape index (κ1) is 36.2. The van der Waals surface area contributed by atoms with Gasteiger partial charge in [-0.25, -0.2) is 0 Å². The largest absolute Gasteiger partial charge is 1.00 e. The van der Waals surface area contributed by atoms with E-state index in [1.54, 1.807) is 36.4 Å². The number of aliphatic hydroxyl groups excluding tert-OH is 1. The SMILES string of the molecule is CCCC[N+]1(C)[C@@H]2CC(OC(=O)[C@H](CO)c3ccccc3)C[C@H]1[C@@H]1O[C@@H]12.O=C(O)Cc1ccccc1Nc1c(Cl)cccc1Cl.[Br-]. The zero-order valence-electron chi connectivity index (χ0n) is 26.0. The number of halogens is 3. The summed E-state index contributed by atoms with van der Waals surface area (Å²) in [5, 5.41) is 22.6. The molecule has 248 valence electrons. The minimum Gasteiger partial charge on any atom is -1.00 e. The van der Waals surface area contributed by atoms with E-state index in [4.69, 9.17) is 37.8 Å². The lowest BCUT2D eigenvalue weighted by Gasteiger charge is -2.48. The van der Waals surface area contributed by atoms with Gasteiger partial charge in [0.2, 0.25) is 0 Å². The highest BCUT2D eigenvalue weighted by molar-refractivity contribution is 6.39. The van der Waals surface area contributed by atoms with Crippen molar-refractivity contribution < 1.29 is 50.7 Å². The Kier molecular flexibility index (Phi) is 12.6. The van der Waals surface area contributed by atoms with Crippen molar-refractivity contribution in [2.75, 3.05) is 25.5 Å². The fourth-order valence-electron chi connectivity index (χ4n) is 6.94. The van der Waals surface area contributed by atoms with Crippen molar-refractivity contribution in [3.63, 3.8) is 0 Å². The Balaban J connectivity index is 0.000000215. The second-order valence-corrected chi connectivity index (χ2v) is 13.1. The molecule has 0 saturated carbocycles. The number of carboxylic acid groups (broad SMARTS) is 1. The van der Waals surface area contributed by atoms with Crippen LogP contribution in [0.15, 0.2) is 72.8 Å². The number of hydrogen-bond acceptors (Lipinski definition) is 6. The van der Waals surface area contributed by atoms with Crippen molar-refractivity contribution in [3.05, 3.63) is 94.0 Å². The van der Waals surface area contributed by atoms with E-state index < -0.39 is 11.9 Å². The number of carboxylic acids is 1. The number of morpholine rings is 1. The standard InChI is InChI=1S/C21H30NO4.C14H11Cl2NO2.BrH/c1-3-4-10-22(2)17-11-15(12-18(22)20-19(17)26-20)25-21(24)16(13-23)14-8-6-5-7-9-14;15-10-5-3-6-11(16)14(10)17-12-7-2-1-4-9(12)8-13(18)19;/h5-9,15-20,23H,3-4,10-13H2,1-2H3;1-7,17H,8H2,(H,18,19);1H/q+1;;/p-1/t15?,16-,17-,18+,19-,20+,22?;;/m1../s1. The molecule has 7 atom stereocenters. The molecule has 0 spiro atoms. The Morgan fingerprint density at radius 2 is 1.59 bits per heavy atom. The van der Waals surface area contributed by atoms with Gasteiger partial charge >= 0.3 is 11.9 Å². The zero-order chi connectivity index (χ0) is 32.1. The molecule has 11 heteroatoms. The van der Waals surface area contributed by atoms with Crippen LogP contribution in [-0.2, 0) is 25.5 Å². The number of hydrogen-bond donors (Lipinski definition) is 3. The Morgan fingerprint density at radius 3 is 2.17 bits per heavy atom. The van der Waals surface area contributed by atoms with Gasteiger partial charge in [0.05, 0.1) is 42.4 Å². The highest BCUT2D eigenvalue weighted by Gasteiger charge is 2.71. The van der Waals surface area contributed by atoms with E-state index in [1.165, 1.54) is 19.4 Å². The average molecular weight is 737 g/mol. The van der Waals surface area contributed by atoms with E-state index in [0.717, 1.165) is 22.9 Å². The second-order valence-electron chi connectivity index (χ2n) is 12.2. The first-order chi connectivity index (χ1) is 21.7. The number of unbranched alkanes of at least 4 members (excludes halogenated alkanes) is 1. The topological polar surface area (TPSA) is 108 Å². The maximum absolute atomic E-state index is 12.7. The first-order valence-electron chi connectivity index (χ1n) is 15.5. The van der Waals surface area contributed by atoms with Gasteiger partial charge in [-0.05, 0) is 35.7 Å². The lowest BCUT2D eigenvalue weighted by Crippen LogP contribution is -3.00. The molecule has 3 N–H and O–H groups in total. The summed E-state index contributed by atoms with van der Waals surface area (Å²) in [4.78, 5) is 23.5. The number of esters is 1. The van der Waals surface area contributed by atoms with Crippen LogP contribution >= 0.6 is 23.2 Å². The summed E-state index contributed by atoms with van der Waals surface area (Å²) in [6.07, 6.45) is 4.77. The first-order valence-corrected chi connectivity index (χ1v) is 16.3. The second kappa shape index (κ2) is 16.0. The average Bonchev–Trinajstić information content (AvgIpc) is 3.79. The van der Waals surface area contributed by atoms with Gasteiger partial charge in [0.1, 0.15) is 36.3 Å². The number of benzene rings is 3. The van der Waals surface area contributed by atoms with Crippen molar-refractivity contribution >= 4 is 46.5 Å². The third-order valence-corrected chi connectivity index (χ3v) is 10.0. The molecule has 0 amide bonds. The minimum absolute atomic E-state index is 0. The van der Waals surface area contributed by atoms with Crippen LogP contribution in [0.25, 0.3) is 0 Å². The number of fused-ring (bicyclic) bond motifs is 5. The van der Waals surface area contributed by atoms with Crippen LogP contribution in [0.3, 0.4) is 0 Å². The van der Waals surface area contributed by atoms with E-state index in [2.05, 4.69) is 19.3 Å². The van der Waals surface area contributed by atoms with E-state index in [9.17, 15) is 14.7 Å². The molecule has 3 aromatic carbocycles. The summed E-state index contributed by atoms with van der Waals surface area (Å²) >= 11 is 12.1. The molecule has 3 aliphatic heterocycles. The molecule has 3 heterocycles. The summed E-state index contributed by atoms with van der Waals surface area (Å²) in [6, 6.07) is 22.6. The number of ether oxygens (including phenoxy) is 2. The molecule has 6 rings (SSSR count). The van der Waals surface area contributed by atoms with Gasteiger partial charge in [-0.2, -0.15) is 0 Å². The van der Waals surface area contributed by atoms with Crippen LogP contribution in [0.4, 0.5) is 11.4 Å². The smallest absolute Gasteiger partial charge is 0.316 e. The summed E-state index contributed by atoms with van der Waals surface area (Å²) < 4.78 is 12.9. The van der Waals surface area contributed by atoms with Crippen molar-refractivity contribution in [1.82, 2.24) is 0 Å². The zero-order valence-corrected chi connectivity index (χ0v) is 29.0. The van der Waals surface area contributed by atoms with Crippen molar-refractivity contribution in [2.45, 2.75) is 75.3 Å². The van der Waals surface area contributed by atoms with Gasteiger partial charge in [0.15, 0.2) is 0 Å². The molecule has 0 radical (unpaired) electrons. The van der Waals surface area contributed by atoms with Crippen molar-refractivity contribution in [1.29, 1.82) is 0 Å². The Bertz CT molecular complexity index is 1460. The quantitative estimate of drug-likeness (QED) is 0.157. The van der Waals surface area contributed by atoms with Crippen LogP contribution in [0.5, 0.6) is 0 Å². The van der Waals surface area contributed by atoms with E-state index in [1.807, 2.05) is 36.4 Å². The van der Waals surface area contributed by atoms with Crippen LogP contribution in [0.2, 0.25) is 10.0 Å². The number of para-hydroxylation sites is 2. The molecule has 3 fully saturated rings. The van der Waals surface area contributed by atoms with E-state index in [-0.39, 0.29) is 42.1 Å². The molecule has 8 nitrogen and oxygen atoms in total. The number of piperidine rings is 1. The molecule has 2 bridgehead atoms. The Labute approximate surface area is 291 Å². The third-order valence-electron chi connectivity index (χ3n) is 9.37. The molecule has 0 aromatic heterocycles. The minimum atomic E-state index is -0.889. The van der Waals surface area contributed by atoms with Gasteiger partial charge < -0.3 is 46.5 Å². The number of likely N-dealkylation sites (N-methyl/N-ethyl adjacent to an activating group) is 1. The maximum atomic E-state index is 12.7. The predicted octanol–water partition coefficient (Wildman–Crippen LogP) is 3.60. The number of epoxide rings is 1. The number of carbonyl (C=O) groups is 2. The van der Waals surface area contributed by atoms with Crippen molar-refractivity contribution in [2.24, 2.45) is 0 Å². The Hall–Kier alpha value is -2.66. The third kappa shape index (κ3) is 8.06. The van der Waals surface area contributed by atoms with E-state index >= 15 is 0 Å². The number of aliphatic carboxylic acids is 1.